The normalized spacial score (nSPS) is 17.6. The van der Waals surface area contributed by atoms with Gasteiger partial charge in [-0.3, -0.25) is 9.40 Å². The fourth-order valence-corrected chi connectivity index (χ4v) is 5.49. The molecule has 0 aromatic heterocycles. The van der Waals surface area contributed by atoms with Gasteiger partial charge in [-0.25, -0.2) is 4.79 Å². The molecule has 0 aromatic carbocycles. The zero-order valence-corrected chi connectivity index (χ0v) is 17.9. The second-order valence-corrected chi connectivity index (χ2v) is 11.4. The number of nitrogens with zero attached hydrogens (tertiary/aromatic N) is 1. The van der Waals surface area contributed by atoms with Crippen LogP contribution < -0.4 is 0 Å². The monoisotopic (exact) mass is 365 g/mol. The number of hydrogen-bond donors (Lipinski definition) is 1. The lowest BCUT2D eigenvalue weighted by atomic mass is 9.94. The molecule has 0 spiro atoms. The summed E-state index contributed by atoms with van der Waals surface area (Å²) in [6, 6.07) is 0. The first-order chi connectivity index (χ1) is 10.5. The van der Waals surface area contributed by atoms with Gasteiger partial charge in [0.05, 0.1) is 6.61 Å². The van der Waals surface area contributed by atoms with Crippen LogP contribution in [0.4, 0.5) is 0 Å². The van der Waals surface area contributed by atoms with Crippen LogP contribution in [0.5, 0.6) is 0 Å². The van der Waals surface area contributed by atoms with Gasteiger partial charge in [-0.1, -0.05) is 27.7 Å². The fraction of sp³-hybridized carbons (Fsp3) is 0.941. The molecule has 0 amide bonds. The first kappa shape index (κ1) is 23.6. The third-order valence-electron chi connectivity index (χ3n) is 3.66. The molecule has 2 atom stereocenters. The third-order valence-corrected chi connectivity index (χ3v) is 6.97. The largest absolute Gasteiger partial charge is 0.479 e. The minimum Gasteiger partial charge on any atom is -0.479 e. The molecule has 144 valence electrons. The number of carboxylic acid groups (broad SMARTS) is 1. The number of carbonyl (C=O) groups is 1. The number of hydrogen-bond acceptors (Lipinski definition) is 5. The number of hydroxylamine groups is 2. The van der Waals surface area contributed by atoms with E-state index in [0.29, 0.717) is 12.8 Å². The topological polar surface area (TPSA) is 76.1 Å². The molecule has 0 saturated carbocycles. The first-order valence-corrected chi connectivity index (χ1v) is 10.4. The Balaban J connectivity index is 6.25. The summed E-state index contributed by atoms with van der Waals surface area (Å²) in [5.41, 5.74) is -2.45. The maximum Gasteiger partial charge on any atom is 0.337 e. The van der Waals surface area contributed by atoms with Gasteiger partial charge in [0, 0.05) is 11.7 Å². The van der Waals surface area contributed by atoms with E-state index in [0.717, 1.165) is 0 Å². The number of rotatable bonds is 8. The second-order valence-electron chi connectivity index (χ2n) is 8.60. The molecule has 0 aliphatic rings. The van der Waals surface area contributed by atoms with Gasteiger partial charge in [0.2, 0.25) is 7.37 Å². The maximum atomic E-state index is 13.6. The summed E-state index contributed by atoms with van der Waals surface area (Å²) in [6.07, 6.45) is 0.353. The van der Waals surface area contributed by atoms with Crippen molar-refractivity contribution < 1.29 is 23.8 Å². The highest BCUT2D eigenvalue weighted by Gasteiger charge is 2.51. The SMILES string of the molecule is CCOP(=O)(CC)C(N(OC(C)(C)C(=O)O)C(C)(C)C)C(C)(C)C. The average molecular weight is 365 g/mol. The summed E-state index contributed by atoms with van der Waals surface area (Å²) < 4.78 is 19.3. The Kier molecular flexibility index (Phi) is 7.72. The summed E-state index contributed by atoms with van der Waals surface area (Å²) in [7, 11) is -3.09. The van der Waals surface area contributed by atoms with Crippen LogP contribution >= 0.6 is 7.37 Å². The molecule has 6 nitrogen and oxygen atoms in total. The van der Waals surface area contributed by atoms with E-state index >= 15 is 0 Å². The molecular formula is C17H36NO5P. The molecule has 0 rings (SSSR count). The van der Waals surface area contributed by atoms with Crippen LogP contribution in [0.25, 0.3) is 0 Å². The smallest absolute Gasteiger partial charge is 0.337 e. The highest BCUT2D eigenvalue weighted by Crippen LogP contribution is 2.60. The molecule has 0 fully saturated rings. The van der Waals surface area contributed by atoms with Gasteiger partial charge >= 0.3 is 5.97 Å². The molecule has 24 heavy (non-hydrogen) atoms. The van der Waals surface area contributed by atoms with Gasteiger partial charge in [0.1, 0.15) is 5.78 Å². The van der Waals surface area contributed by atoms with Crippen molar-refractivity contribution in [2.45, 2.75) is 86.2 Å². The Morgan fingerprint density at radius 3 is 1.79 bits per heavy atom. The van der Waals surface area contributed by atoms with Gasteiger partial charge < -0.3 is 9.63 Å². The van der Waals surface area contributed by atoms with Crippen molar-refractivity contribution in [2.24, 2.45) is 5.41 Å². The highest BCUT2D eigenvalue weighted by atomic mass is 31.2. The quantitative estimate of drug-likeness (QED) is 0.501. The minimum absolute atomic E-state index is 0.331. The fourth-order valence-electron chi connectivity index (χ4n) is 2.49. The highest BCUT2D eigenvalue weighted by molar-refractivity contribution is 7.59. The molecule has 0 saturated heterocycles. The van der Waals surface area contributed by atoms with Gasteiger partial charge in [0.25, 0.3) is 0 Å². The molecule has 0 aliphatic carbocycles. The van der Waals surface area contributed by atoms with Crippen LogP contribution in [-0.4, -0.2) is 45.8 Å². The van der Waals surface area contributed by atoms with Crippen molar-refractivity contribution in [1.82, 2.24) is 5.06 Å². The van der Waals surface area contributed by atoms with Gasteiger partial charge in [0.15, 0.2) is 5.60 Å². The number of aliphatic carboxylic acids is 1. The molecule has 2 unspecified atom stereocenters. The summed E-state index contributed by atoms with van der Waals surface area (Å²) >= 11 is 0. The van der Waals surface area contributed by atoms with Crippen molar-refractivity contribution in [1.29, 1.82) is 0 Å². The lowest BCUT2D eigenvalue weighted by Gasteiger charge is -2.49. The van der Waals surface area contributed by atoms with Crippen molar-refractivity contribution in [3.8, 4) is 0 Å². The van der Waals surface area contributed by atoms with Crippen molar-refractivity contribution in [3.05, 3.63) is 0 Å². The summed E-state index contributed by atoms with van der Waals surface area (Å²) in [6.45, 7) is 18.6. The standard InChI is InChI=1S/C17H36NO5P/c1-11-22-24(21,12-2)13(15(3,4)5)18(16(6,7)8)23-17(9,10)14(19)20/h13H,11-12H2,1-10H3,(H,19,20). The summed E-state index contributed by atoms with van der Waals surface area (Å²) in [4.78, 5) is 17.5. The number of carboxylic acids is 1. The van der Waals surface area contributed by atoms with E-state index in [-0.39, 0.29) is 0 Å². The van der Waals surface area contributed by atoms with Gasteiger partial charge in [-0.2, -0.15) is 5.06 Å². The molecule has 0 aromatic rings. The lowest BCUT2D eigenvalue weighted by molar-refractivity contribution is -0.289. The van der Waals surface area contributed by atoms with Crippen molar-refractivity contribution >= 4 is 13.3 Å². The summed E-state index contributed by atoms with van der Waals surface area (Å²) in [5, 5.41) is 11.0. The third kappa shape index (κ3) is 5.83. The van der Waals surface area contributed by atoms with Crippen molar-refractivity contribution in [2.75, 3.05) is 12.8 Å². The van der Waals surface area contributed by atoms with Crippen LogP contribution in [-0.2, 0) is 18.7 Å². The predicted molar refractivity (Wildman–Crippen MR) is 97.4 cm³/mol. The van der Waals surface area contributed by atoms with Crippen LogP contribution in [0.3, 0.4) is 0 Å². The van der Waals surface area contributed by atoms with Gasteiger partial charge in [-0.15, -0.1) is 0 Å². The summed E-state index contributed by atoms with van der Waals surface area (Å²) in [5.74, 6) is -1.65. The van der Waals surface area contributed by atoms with E-state index in [2.05, 4.69) is 0 Å². The first-order valence-electron chi connectivity index (χ1n) is 8.48. The predicted octanol–water partition coefficient (Wildman–Crippen LogP) is 4.59. The Bertz CT molecular complexity index is 476. The zero-order valence-electron chi connectivity index (χ0n) is 17.0. The minimum atomic E-state index is -3.09. The Morgan fingerprint density at radius 2 is 1.54 bits per heavy atom. The van der Waals surface area contributed by atoms with E-state index in [1.807, 2.05) is 55.4 Å². The maximum absolute atomic E-state index is 13.6. The van der Waals surface area contributed by atoms with Gasteiger partial charge in [-0.05, 0) is 47.0 Å². The van der Waals surface area contributed by atoms with E-state index < -0.39 is 35.7 Å². The van der Waals surface area contributed by atoms with E-state index in [9.17, 15) is 14.5 Å². The molecule has 0 aliphatic heterocycles. The molecule has 0 radical (unpaired) electrons. The molecule has 0 bridgehead atoms. The Morgan fingerprint density at radius 1 is 1.08 bits per heavy atom. The van der Waals surface area contributed by atoms with Crippen LogP contribution in [0.2, 0.25) is 0 Å². The van der Waals surface area contributed by atoms with Crippen LogP contribution in [0.1, 0.15) is 69.2 Å². The zero-order chi connectivity index (χ0) is 19.6. The Hall–Kier alpha value is -0.420. The van der Waals surface area contributed by atoms with E-state index in [4.69, 9.17) is 9.36 Å². The van der Waals surface area contributed by atoms with E-state index in [1.165, 1.54) is 13.8 Å². The van der Waals surface area contributed by atoms with Crippen LogP contribution in [0, 0.1) is 5.41 Å². The molecule has 1 N–H and O–H groups in total. The van der Waals surface area contributed by atoms with E-state index in [1.54, 1.807) is 5.06 Å². The molecular weight excluding hydrogens is 329 g/mol. The molecule has 0 heterocycles. The van der Waals surface area contributed by atoms with Crippen molar-refractivity contribution in [3.63, 3.8) is 0 Å². The molecule has 7 heteroatoms. The van der Waals surface area contributed by atoms with Crippen LogP contribution in [0.15, 0.2) is 0 Å². The lowest BCUT2D eigenvalue weighted by Crippen LogP contribution is -2.57. The second kappa shape index (κ2) is 7.86. The Labute approximate surface area is 147 Å². The average Bonchev–Trinajstić information content (AvgIpc) is 2.35.